The first-order chi connectivity index (χ1) is 16.9. The number of halogens is 1. The number of anilines is 1. The molecule has 5 rings (SSSR count). The van der Waals surface area contributed by atoms with Crippen LogP contribution in [0.25, 0.3) is 15.7 Å². The quantitative estimate of drug-likeness (QED) is 0.422. The summed E-state index contributed by atoms with van der Waals surface area (Å²) in [7, 11) is 0. The number of pyridine rings is 2. The molecule has 1 aromatic carbocycles. The van der Waals surface area contributed by atoms with Crippen LogP contribution in [0.1, 0.15) is 60.0 Å². The van der Waals surface area contributed by atoms with Crippen LogP contribution >= 0.6 is 0 Å². The smallest absolute Gasteiger partial charge is 0.242 e. The maximum absolute atomic E-state index is 14.8. The molecule has 180 valence electrons. The average molecular weight is 472 g/mol. The van der Waals surface area contributed by atoms with Crippen molar-refractivity contribution in [1.82, 2.24) is 9.97 Å². The number of carbonyl (C=O) groups excluding carboxylic acids is 1. The van der Waals surface area contributed by atoms with Gasteiger partial charge < -0.3 is 15.5 Å². The largest absolute Gasteiger partial charge is 0.362 e. The summed E-state index contributed by atoms with van der Waals surface area (Å²) in [5, 5.41) is 0.332. The van der Waals surface area contributed by atoms with Gasteiger partial charge in [-0.05, 0) is 66.5 Å². The Kier molecular flexibility index (Phi) is 6.48. The first-order valence-corrected chi connectivity index (χ1v) is 12.3. The lowest BCUT2D eigenvalue weighted by molar-refractivity contribution is 0.0994. The van der Waals surface area contributed by atoms with Gasteiger partial charge in [-0.2, -0.15) is 0 Å². The molecule has 7 heteroatoms. The van der Waals surface area contributed by atoms with Crippen LogP contribution in [0.5, 0.6) is 0 Å². The molecule has 0 bridgehead atoms. The van der Waals surface area contributed by atoms with Gasteiger partial charge in [0.1, 0.15) is 5.82 Å². The molecule has 1 aliphatic heterocycles. The molecular weight excluding hydrogens is 441 g/mol. The Morgan fingerprint density at radius 2 is 2.11 bits per heavy atom. The lowest BCUT2D eigenvalue weighted by Crippen LogP contribution is -2.31. The monoisotopic (exact) mass is 471 g/mol. The van der Waals surface area contributed by atoms with Gasteiger partial charge in [-0.25, -0.2) is 11.0 Å². The fourth-order valence-electron chi connectivity index (χ4n) is 5.82. The predicted octanol–water partition coefficient (Wildman–Crippen LogP) is 4.92. The summed E-state index contributed by atoms with van der Waals surface area (Å²) in [5.74, 6) is 0.344. The number of benzene rings is 1. The maximum atomic E-state index is 14.8. The third kappa shape index (κ3) is 4.76. The van der Waals surface area contributed by atoms with Crippen LogP contribution in [0.4, 0.5) is 10.1 Å². The lowest BCUT2D eigenvalue weighted by atomic mass is 9.75. The first kappa shape index (κ1) is 23.4. The van der Waals surface area contributed by atoms with Crippen LogP contribution in [0.2, 0.25) is 0 Å². The van der Waals surface area contributed by atoms with Crippen molar-refractivity contribution in [2.75, 3.05) is 18.0 Å². The number of rotatable bonds is 5. The van der Waals surface area contributed by atoms with Crippen molar-refractivity contribution in [3.8, 4) is 0 Å². The third-order valence-corrected chi connectivity index (χ3v) is 7.50. The van der Waals surface area contributed by atoms with Crippen LogP contribution in [0.15, 0.2) is 42.9 Å². The molecule has 0 radical (unpaired) electrons. The second-order valence-electron chi connectivity index (χ2n) is 10.1. The summed E-state index contributed by atoms with van der Waals surface area (Å²) < 4.78 is 14.8. The topological polar surface area (TPSA) is 76.5 Å². The summed E-state index contributed by atoms with van der Waals surface area (Å²) >= 11 is 0. The predicted molar refractivity (Wildman–Crippen MR) is 135 cm³/mol. The molecule has 6 nitrogen and oxygen atoms in total. The van der Waals surface area contributed by atoms with Gasteiger partial charge in [0.25, 0.3) is 0 Å². The van der Waals surface area contributed by atoms with E-state index in [1.807, 2.05) is 6.07 Å². The number of Topliss-reactive ketones (excluding diaryl/α,β-unsaturated/α-hetero) is 1. The highest BCUT2D eigenvalue weighted by atomic mass is 19.1. The van der Waals surface area contributed by atoms with Crippen molar-refractivity contribution in [1.29, 1.82) is 0 Å². The van der Waals surface area contributed by atoms with Crippen molar-refractivity contribution in [2.45, 2.75) is 57.0 Å². The number of nitrogens with two attached hydrogens (primary N) is 1. The van der Waals surface area contributed by atoms with E-state index in [-0.39, 0.29) is 24.3 Å². The number of carbonyl (C=O) groups is 1. The minimum atomic E-state index is -0.404. The number of hydrogen-bond acceptors (Lipinski definition) is 5. The number of hydrogen-bond donors (Lipinski definition) is 1. The number of nitrogens with zero attached hydrogens (tertiary/aromatic N) is 4. The van der Waals surface area contributed by atoms with Gasteiger partial charge >= 0.3 is 0 Å². The molecular formula is C28H30FN5O. The molecule has 35 heavy (non-hydrogen) atoms. The minimum absolute atomic E-state index is 0.0427. The highest BCUT2D eigenvalue weighted by Crippen LogP contribution is 2.37. The van der Waals surface area contributed by atoms with Crippen LogP contribution in [-0.4, -0.2) is 40.9 Å². The summed E-state index contributed by atoms with van der Waals surface area (Å²) in [5.41, 5.74) is 9.91. The molecule has 4 atom stereocenters. The molecule has 2 aliphatic rings. The van der Waals surface area contributed by atoms with E-state index in [1.165, 1.54) is 12.1 Å². The van der Waals surface area contributed by atoms with E-state index in [2.05, 4.69) is 26.6 Å². The number of ketones is 1. The van der Waals surface area contributed by atoms with Crippen LogP contribution in [-0.2, 0) is 6.42 Å². The van der Waals surface area contributed by atoms with Crippen LogP contribution < -0.4 is 10.6 Å². The molecule has 0 spiro atoms. The first-order valence-electron chi connectivity index (χ1n) is 12.3. The molecule has 0 unspecified atom stereocenters. The molecule has 1 saturated carbocycles. The van der Waals surface area contributed by atoms with Crippen molar-refractivity contribution < 1.29 is 9.18 Å². The maximum Gasteiger partial charge on any atom is 0.242 e. The third-order valence-electron chi connectivity index (χ3n) is 7.50. The lowest BCUT2D eigenvalue weighted by Gasteiger charge is -2.32. The molecule has 2 N–H and O–H groups in total. The van der Waals surface area contributed by atoms with Gasteiger partial charge in [0, 0.05) is 48.8 Å². The molecule has 3 aromatic rings. The molecule has 2 aromatic heterocycles. The van der Waals surface area contributed by atoms with E-state index < -0.39 is 5.82 Å². The fourth-order valence-corrected chi connectivity index (χ4v) is 5.82. The Hall–Kier alpha value is -3.37. The Morgan fingerprint density at radius 3 is 2.89 bits per heavy atom. The molecule has 1 aliphatic carbocycles. The Labute approximate surface area is 205 Å². The van der Waals surface area contributed by atoms with Crippen molar-refractivity contribution in [3.63, 3.8) is 0 Å². The van der Waals surface area contributed by atoms with Crippen LogP contribution in [0, 0.1) is 18.3 Å². The molecule has 1 saturated heterocycles. The highest BCUT2D eigenvalue weighted by molar-refractivity contribution is 6.08. The van der Waals surface area contributed by atoms with E-state index >= 15 is 0 Å². The normalized spacial score (nSPS) is 24.5. The van der Waals surface area contributed by atoms with E-state index in [1.54, 1.807) is 24.7 Å². The van der Waals surface area contributed by atoms with Gasteiger partial charge in [-0.15, -0.1) is 0 Å². The fraction of sp³-hybridized carbons (Fsp3) is 0.429. The highest BCUT2D eigenvalue weighted by Gasteiger charge is 2.29. The molecule has 2 fully saturated rings. The summed E-state index contributed by atoms with van der Waals surface area (Å²) in [6.07, 6.45) is 9.20. The zero-order chi connectivity index (χ0) is 24.5. The van der Waals surface area contributed by atoms with E-state index in [4.69, 9.17) is 12.3 Å². The van der Waals surface area contributed by atoms with Gasteiger partial charge in [-0.3, -0.25) is 14.8 Å². The number of fused-ring (bicyclic) bond motifs is 1. The zero-order valence-electron chi connectivity index (χ0n) is 20.0. The SMILES string of the molecule is [C-]#[N+][C@H]1CCN(c2cnc3c(C(=O)Cc4cnccc4[C@@H]4C[C@H](C)C[C@H](N)C4)ccc(F)c3c2)C1. The van der Waals surface area contributed by atoms with Crippen molar-refractivity contribution >= 4 is 22.4 Å². The minimum Gasteiger partial charge on any atom is -0.362 e. The Morgan fingerprint density at radius 1 is 1.26 bits per heavy atom. The average Bonchev–Trinajstić information content (AvgIpc) is 3.33. The molecule has 3 heterocycles. The van der Waals surface area contributed by atoms with E-state index in [0.717, 1.165) is 49.0 Å². The Bertz CT molecular complexity index is 1290. The van der Waals surface area contributed by atoms with Gasteiger partial charge in [0.05, 0.1) is 23.9 Å². The van der Waals surface area contributed by atoms with Gasteiger partial charge in [0.15, 0.2) is 5.78 Å². The second-order valence-corrected chi connectivity index (χ2v) is 10.1. The summed E-state index contributed by atoms with van der Waals surface area (Å²) in [6, 6.07) is 6.77. The second kappa shape index (κ2) is 9.71. The van der Waals surface area contributed by atoms with Gasteiger partial charge in [0.2, 0.25) is 6.04 Å². The van der Waals surface area contributed by atoms with Crippen molar-refractivity contribution in [2.24, 2.45) is 11.7 Å². The van der Waals surface area contributed by atoms with E-state index in [0.29, 0.717) is 34.8 Å². The van der Waals surface area contributed by atoms with Crippen molar-refractivity contribution in [3.05, 3.63) is 76.8 Å². The van der Waals surface area contributed by atoms with Gasteiger partial charge in [-0.1, -0.05) is 6.92 Å². The standard InChI is InChI=1S/C28H30FN5O/c1-17-9-18(11-20(30)10-17)23-5-7-32-14-19(23)12-27(35)24-3-4-26(29)25-13-22(15-33-28(24)25)34-8-6-21(16-34)31-2/h3-5,7,13-15,17-18,20-21H,6,8-12,16,30H2,1H3/t17-,18+,20-,21-/m0/s1. The number of aromatic nitrogens is 2. The Balaban J connectivity index is 1.43. The zero-order valence-corrected chi connectivity index (χ0v) is 20.0. The summed E-state index contributed by atoms with van der Waals surface area (Å²) in [6.45, 7) is 10.8. The van der Waals surface area contributed by atoms with Crippen LogP contribution in [0.3, 0.4) is 0 Å². The van der Waals surface area contributed by atoms with E-state index in [9.17, 15) is 9.18 Å². The summed E-state index contributed by atoms with van der Waals surface area (Å²) in [4.78, 5) is 28.0. The molecule has 0 amide bonds.